The maximum atomic E-state index is 13.3. The summed E-state index contributed by atoms with van der Waals surface area (Å²) in [4.78, 5) is 26.2. The molecule has 1 saturated carbocycles. The van der Waals surface area contributed by atoms with Crippen molar-refractivity contribution in [2.45, 2.75) is 45.1 Å². The predicted octanol–water partition coefficient (Wildman–Crippen LogP) is 2.50. The summed E-state index contributed by atoms with van der Waals surface area (Å²) in [6.45, 7) is 0.0926. The molecule has 1 aromatic carbocycles. The second-order valence-corrected chi connectivity index (χ2v) is 6.16. The number of amides is 2. The molecule has 3 rings (SSSR count). The summed E-state index contributed by atoms with van der Waals surface area (Å²) in [5.41, 5.74) is 6.40. The van der Waals surface area contributed by atoms with Crippen molar-refractivity contribution < 1.29 is 14.0 Å². The lowest BCUT2D eigenvalue weighted by atomic mass is 9.76. The normalized spacial score (nSPS) is 21.3. The third-order valence-corrected chi connectivity index (χ3v) is 4.72. The minimum Gasteiger partial charge on any atom is -0.326 e. The van der Waals surface area contributed by atoms with Gasteiger partial charge in [0.05, 0.1) is 5.69 Å². The summed E-state index contributed by atoms with van der Waals surface area (Å²) in [5, 5.41) is 0. The fourth-order valence-electron chi connectivity index (χ4n) is 3.68. The molecule has 0 atom stereocenters. The molecule has 2 fully saturated rings. The van der Waals surface area contributed by atoms with Gasteiger partial charge in [0.15, 0.2) is 0 Å². The van der Waals surface area contributed by atoms with E-state index in [2.05, 4.69) is 0 Å². The first kappa shape index (κ1) is 14.2. The number of carbonyl (C=O) groups excluding carboxylic acids is 2. The third-order valence-electron chi connectivity index (χ3n) is 4.72. The van der Waals surface area contributed by atoms with Gasteiger partial charge in [-0.05, 0) is 42.0 Å². The molecular weight excluding hydrogens is 271 g/mol. The topological polar surface area (TPSA) is 63.4 Å². The van der Waals surface area contributed by atoms with Crippen LogP contribution < -0.4 is 10.6 Å². The van der Waals surface area contributed by atoms with E-state index in [1.807, 2.05) is 0 Å². The summed E-state index contributed by atoms with van der Waals surface area (Å²) < 4.78 is 13.3. The average molecular weight is 290 g/mol. The largest absolute Gasteiger partial charge is 0.326 e. The number of nitrogens with zero attached hydrogens (tertiary/aromatic N) is 1. The highest BCUT2D eigenvalue weighted by Crippen LogP contribution is 2.47. The van der Waals surface area contributed by atoms with E-state index in [1.165, 1.54) is 23.1 Å². The Morgan fingerprint density at radius 3 is 2.33 bits per heavy atom. The van der Waals surface area contributed by atoms with Crippen molar-refractivity contribution in [1.82, 2.24) is 0 Å². The number of benzene rings is 1. The molecule has 4 nitrogen and oxygen atoms in total. The Kier molecular flexibility index (Phi) is 3.53. The molecule has 1 aromatic rings. The lowest BCUT2D eigenvalue weighted by molar-refractivity contribution is -0.133. The highest BCUT2D eigenvalue weighted by molar-refractivity contribution is 6.17. The SMILES string of the molecule is NCc1cc(F)ccc1N1C(=O)CC2(CCCC2)CC1=O. The first-order valence-corrected chi connectivity index (χ1v) is 7.39. The van der Waals surface area contributed by atoms with Crippen LogP contribution in [0.2, 0.25) is 0 Å². The van der Waals surface area contributed by atoms with Crippen LogP contribution in [0, 0.1) is 11.2 Å². The summed E-state index contributed by atoms with van der Waals surface area (Å²) in [6, 6.07) is 4.02. The van der Waals surface area contributed by atoms with Crippen LogP contribution in [0.15, 0.2) is 18.2 Å². The van der Waals surface area contributed by atoms with Gasteiger partial charge in [0.2, 0.25) is 11.8 Å². The van der Waals surface area contributed by atoms with Crippen molar-refractivity contribution in [2.24, 2.45) is 11.1 Å². The van der Waals surface area contributed by atoms with Crippen LogP contribution in [0.25, 0.3) is 0 Å². The Hall–Kier alpha value is -1.75. The van der Waals surface area contributed by atoms with E-state index < -0.39 is 5.82 Å². The molecular formula is C16H19FN2O2. The van der Waals surface area contributed by atoms with Gasteiger partial charge in [-0.3, -0.25) is 14.5 Å². The van der Waals surface area contributed by atoms with Crippen molar-refractivity contribution in [2.75, 3.05) is 4.90 Å². The summed E-state index contributed by atoms with van der Waals surface area (Å²) >= 11 is 0. The number of hydrogen-bond acceptors (Lipinski definition) is 3. The molecule has 1 heterocycles. The molecule has 1 aliphatic carbocycles. The number of piperidine rings is 1. The highest BCUT2D eigenvalue weighted by Gasteiger charge is 2.45. The maximum absolute atomic E-state index is 13.3. The Morgan fingerprint density at radius 2 is 1.76 bits per heavy atom. The van der Waals surface area contributed by atoms with Crippen LogP contribution in [0.3, 0.4) is 0 Å². The van der Waals surface area contributed by atoms with Gasteiger partial charge in [0, 0.05) is 19.4 Å². The summed E-state index contributed by atoms with van der Waals surface area (Å²) in [7, 11) is 0. The van der Waals surface area contributed by atoms with Crippen LogP contribution in [0.4, 0.5) is 10.1 Å². The molecule has 1 aliphatic heterocycles. The van der Waals surface area contributed by atoms with Crippen LogP contribution in [0.1, 0.15) is 44.1 Å². The zero-order valence-corrected chi connectivity index (χ0v) is 11.9. The van der Waals surface area contributed by atoms with Crippen LogP contribution in [-0.2, 0) is 16.1 Å². The summed E-state index contributed by atoms with van der Waals surface area (Å²) in [5.74, 6) is -0.785. The zero-order valence-electron chi connectivity index (χ0n) is 11.9. The Bertz CT molecular complexity index is 574. The molecule has 21 heavy (non-hydrogen) atoms. The zero-order chi connectivity index (χ0) is 15.0. The molecule has 2 amide bonds. The number of hydrogen-bond donors (Lipinski definition) is 1. The Labute approximate surface area is 123 Å². The fourth-order valence-corrected chi connectivity index (χ4v) is 3.68. The first-order valence-electron chi connectivity index (χ1n) is 7.39. The predicted molar refractivity (Wildman–Crippen MR) is 76.9 cm³/mol. The van der Waals surface area contributed by atoms with Crippen molar-refractivity contribution in [3.05, 3.63) is 29.6 Å². The quantitative estimate of drug-likeness (QED) is 0.851. The number of rotatable bonds is 2. The van der Waals surface area contributed by atoms with Crippen molar-refractivity contribution in [1.29, 1.82) is 0 Å². The van der Waals surface area contributed by atoms with Gasteiger partial charge >= 0.3 is 0 Å². The van der Waals surface area contributed by atoms with Gasteiger partial charge in [-0.2, -0.15) is 0 Å². The van der Waals surface area contributed by atoms with Crippen molar-refractivity contribution in [3.63, 3.8) is 0 Å². The van der Waals surface area contributed by atoms with Crippen LogP contribution >= 0.6 is 0 Å². The monoisotopic (exact) mass is 290 g/mol. The van der Waals surface area contributed by atoms with Gasteiger partial charge in [0.1, 0.15) is 5.82 Å². The van der Waals surface area contributed by atoms with Crippen LogP contribution in [0.5, 0.6) is 0 Å². The highest BCUT2D eigenvalue weighted by atomic mass is 19.1. The van der Waals surface area contributed by atoms with E-state index in [1.54, 1.807) is 0 Å². The van der Waals surface area contributed by atoms with E-state index in [4.69, 9.17) is 5.73 Å². The molecule has 0 aromatic heterocycles. The first-order chi connectivity index (χ1) is 10.0. The van der Waals surface area contributed by atoms with E-state index in [-0.39, 0.29) is 23.8 Å². The second-order valence-electron chi connectivity index (χ2n) is 6.16. The lowest BCUT2D eigenvalue weighted by Gasteiger charge is -2.37. The second kappa shape index (κ2) is 5.22. The third kappa shape index (κ3) is 2.46. The number of carbonyl (C=O) groups is 2. The van der Waals surface area contributed by atoms with Gasteiger partial charge < -0.3 is 5.73 Å². The van der Waals surface area contributed by atoms with Gasteiger partial charge in [-0.15, -0.1) is 0 Å². The molecule has 2 aliphatic rings. The molecule has 5 heteroatoms. The Balaban J connectivity index is 1.93. The van der Waals surface area contributed by atoms with E-state index in [0.29, 0.717) is 24.1 Å². The van der Waals surface area contributed by atoms with Gasteiger partial charge in [0.25, 0.3) is 0 Å². The van der Waals surface area contributed by atoms with Gasteiger partial charge in [-0.25, -0.2) is 4.39 Å². The molecule has 2 N–H and O–H groups in total. The molecule has 112 valence electrons. The van der Waals surface area contributed by atoms with E-state index >= 15 is 0 Å². The molecule has 1 saturated heterocycles. The van der Waals surface area contributed by atoms with Gasteiger partial charge in [-0.1, -0.05) is 12.8 Å². The number of nitrogens with two attached hydrogens (primary N) is 1. The molecule has 0 unspecified atom stereocenters. The smallest absolute Gasteiger partial charge is 0.234 e. The number of halogens is 1. The maximum Gasteiger partial charge on any atom is 0.234 e. The number of anilines is 1. The standard InChI is InChI=1S/C16H19FN2O2/c17-12-3-4-13(11(7-12)10-18)19-14(20)8-16(9-15(19)21)5-1-2-6-16/h3-4,7H,1-2,5-6,8-10,18H2. The van der Waals surface area contributed by atoms with Crippen LogP contribution in [-0.4, -0.2) is 11.8 Å². The molecule has 1 spiro atoms. The Morgan fingerprint density at radius 1 is 1.14 bits per heavy atom. The minimum absolute atomic E-state index is 0.0926. The average Bonchev–Trinajstić information content (AvgIpc) is 2.87. The van der Waals surface area contributed by atoms with E-state index in [0.717, 1.165) is 25.7 Å². The van der Waals surface area contributed by atoms with Crippen molar-refractivity contribution in [3.8, 4) is 0 Å². The van der Waals surface area contributed by atoms with E-state index in [9.17, 15) is 14.0 Å². The lowest BCUT2D eigenvalue weighted by Crippen LogP contribution is -2.47. The fraction of sp³-hybridized carbons (Fsp3) is 0.500. The minimum atomic E-state index is -0.414. The molecule has 0 bridgehead atoms. The number of imide groups is 1. The molecule has 0 radical (unpaired) electrons. The van der Waals surface area contributed by atoms with Crippen molar-refractivity contribution >= 4 is 17.5 Å². The summed E-state index contributed by atoms with van der Waals surface area (Å²) in [6.07, 6.45) is 4.88.